The molecule has 0 N–H and O–H groups in total. The second kappa shape index (κ2) is 6.00. The highest BCUT2D eigenvalue weighted by Gasteiger charge is 2.21. The number of rotatable bonds is 5. The number of ether oxygens (including phenoxy) is 2. The number of aldehydes is 1. The van der Waals surface area contributed by atoms with Gasteiger partial charge in [0.2, 0.25) is 0 Å². The molecule has 1 aromatic rings. The van der Waals surface area contributed by atoms with Crippen LogP contribution in [0.5, 0.6) is 11.5 Å². The summed E-state index contributed by atoms with van der Waals surface area (Å²) >= 11 is 3.13. The molecule has 0 aliphatic rings. The van der Waals surface area contributed by atoms with Crippen LogP contribution in [0.3, 0.4) is 0 Å². The molecule has 0 aliphatic carbocycles. The van der Waals surface area contributed by atoms with E-state index in [1.807, 2.05) is 0 Å². The predicted octanol–water partition coefficient (Wildman–Crippen LogP) is 3.30. The van der Waals surface area contributed by atoms with E-state index >= 15 is 0 Å². The molecule has 94 valence electrons. The molecule has 0 heterocycles. The van der Waals surface area contributed by atoms with Gasteiger partial charge in [-0.1, -0.05) is 6.92 Å². The second-order valence-corrected chi connectivity index (χ2v) is 4.43. The van der Waals surface area contributed by atoms with Crippen molar-refractivity contribution in [1.29, 1.82) is 0 Å². The molecule has 1 aromatic carbocycles. The van der Waals surface area contributed by atoms with Crippen molar-refractivity contribution >= 4 is 22.2 Å². The highest BCUT2D eigenvalue weighted by Crippen LogP contribution is 2.41. The van der Waals surface area contributed by atoms with Crippen LogP contribution in [-0.2, 0) is 4.79 Å². The van der Waals surface area contributed by atoms with Crippen LogP contribution < -0.4 is 9.47 Å². The third-order valence-corrected chi connectivity index (χ3v) is 3.27. The summed E-state index contributed by atoms with van der Waals surface area (Å²) in [6, 6.07) is 1.56. The topological polar surface area (TPSA) is 35.5 Å². The lowest BCUT2D eigenvalue weighted by Gasteiger charge is -2.16. The minimum Gasteiger partial charge on any atom is -0.493 e. The van der Waals surface area contributed by atoms with Gasteiger partial charge in [-0.25, -0.2) is 4.39 Å². The second-order valence-electron chi connectivity index (χ2n) is 3.63. The van der Waals surface area contributed by atoms with E-state index in [0.29, 0.717) is 17.1 Å². The van der Waals surface area contributed by atoms with Gasteiger partial charge in [-0.2, -0.15) is 0 Å². The first-order chi connectivity index (χ1) is 8.06. The van der Waals surface area contributed by atoms with Crippen molar-refractivity contribution in [3.05, 3.63) is 21.9 Å². The van der Waals surface area contributed by atoms with E-state index < -0.39 is 5.82 Å². The average Bonchev–Trinajstić information content (AvgIpc) is 2.32. The van der Waals surface area contributed by atoms with Gasteiger partial charge in [0, 0.05) is 6.42 Å². The van der Waals surface area contributed by atoms with Crippen LogP contribution in [0, 0.1) is 5.82 Å². The molecule has 0 amide bonds. The molecule has 5 heteroatoms. The molecule has 0 saturated carbocycles. The SMILES string of the molecule is COc1cc(C(C)CC=O)c(F)c(Br)c1OC. The van der Waals surface area contributed by atoms with Crippen LogP contribution in [-0.4, -0.2) is 20.5 Å². The fourth-order valence-corrected chi connectivity index (χ4v) is 2.16. The Balaban J connectivity index is 3.33. The summed E-state index contributed by atoms with van der Waals surface area (Å²) in [5.74, 6) is 0.126. The average molecular weight is 305 g/mol. The zero-order valence-corrected chi connectivity index (χ0v) is 11.5. The summed E-state index contributed by atoms with van der Waals surface area (Å²) < 4.78 is 24.4. The van der Waals surface area contributed by atoms with E-state index in [-0.39, 0.29) is 16.8 Å². The van der Waals surface area contributed by atoms with E-state index in [2.05, 4.69) is 15.9 Å². The van der Waals surface area contributed by atoms with Crippen LogP contribution in [0.1, 0.15) is 24.8 Å². The van der Waals surface area contributed by atoms with E-state index in [9.17, 15) is 9.18 Å². The third kappa shape index (κ3) is 2.77. The molecule has 1 rings (SSSR count). The first-order valence-corrected chi connectivity index (χ1v) is 5.89. The molecule has 3 nitrogen and oxygen atoms in total. The third-order valence-electron chi connectivity index (χ3n) is 2.56. The first-order valence-electron chi connectivity index (χ1n) is 5.10. The molecular weight excluding hydrogens is 291 g/mol. The van der Waals surface area contributed by atoms with Gasteiger partial charge in [0.05, 0.1) is 18.7 Å². The highest BCUT2D eigenvalue weighted by atomic mass is 79.9. The number of carbonyl (C=O) groups is 1. The van der Waals surface area contributed by atoms with Gasteiger partial charge >= 0.3 is 0 Å². The number of hydrogen-bond acceptors (Lipinski definition) is 3. The van der Waals surface area contributed by atoms with Gasteiger partial charge in [0.15, 0.2) is 11.5 Å². The Labute approximate surface area is 108 Å². The summed E-state index contributed by atoms with van der Waals surface area (Å²) in [5.41, 5.74) is 0.432. The van der Waals surface area contributed by atoms with Crippen LogP contribution >= 0.6 is 15.9 Å². The van der Waals surface area contributed by atoms with Gasteiger partial charge < -0.3 is 14.3 Å². The van der Waals surface area contributed by atoms with Crippen LogP contribution in [0.25, 0.3) is 0 Å². The fourth-order valence-electron chi connectivity index (χ4n) is 1.58. The van der Waals surface area contributed by atoms with Gasteiger partial charge in [0.1, 0.15) is 12.1 Å². The maximum absolute atomic E-state index is 14.0. The smallest absolute Gasteiger partial charge is 0.177 e. The molecule has 0 spiro atoms. The van der Waals surface area contributed by atoms with Crippen molar-refractivity contribution in [1.82, 2.24) is 0 Å². The normalized spacial score (nSPS) is 12.1. The van der Waals surface area contributed by atoms with Crippen molar-refractivity contribution < 1.29 is 18.7 Å². The summed E-state index contributed by atoms with van der Waals surface area (Å²) in [5, 5.41) is 0. The summed E-state index contributed by atoms with van der Waals surface area (Å²) in [4.78, 5) is 10.5. The van der Waals surface area contributed by atoms with Crippen molar-refractivity contribution in [2.45, 2.75) is 19.3 Å². The molecule has 1 unspecified atom stereocenters. The highest BCUT2D eigenvalue weighted by molar-refractivity contribution is 9.10. The fraction of sp³-hybridized carbons (Fsp3) is 0.417. The quantitative estimate of drug-likeness (QED) is 0.783. The minimum atomic E-state index is -0.419. The number of methoxy groups -OCH3 is 2. The van der Waals surface area contributed by atoms with Crippen LogP contribution in [0.15, 0.2) is 10.5 Å². The Bertz CT molecular complexity index is 421. The Morgan fingerprint density at radius 3 is 2.59 bits per heavy atom. The Hall–Kier alpha value is -1.10. The Kier molecular flexibility index (Phi) is 4.93. The molecule has 0 aliphatic heterocycles. The molecule has 0 saturated heterocycles. The Morgan fingerprint density at radius 2 is 2.12 bits per heavy atom. The predicted molar refractivity (Wildman–Crippen MR) is 66.3 cm³/mol. The van der Waals surface area contributed by atoms with Gasteiger partial charge in [-0.3, -0.25) is 0 Å². The monoisotopic (exact) mass is 304 g/mol. The van der Waals surface area contributed by atoms with E-state index in [0.717, 1.165) is 6.29 Å². The first kappa shape index (κ1) is 14.0. The summed E-state index contributed by atoms with van der Waals surface area (Å²) in [6.45, 7) is 1.78. The van der Waals surface area contributed by atoms with Crippen molar-refractivity contribution in [2.75, 3.05) is 14.2 Å². The summed E-state index contributed by atoms with van der Waals surface area (Å²) in [7, 11) is 2.92. The summed E-state index contributed by atoms with van der Waals surface area (Å²) in [6.07, 6.45) is 1.04. The van der Waals surface area contributed by atoms with E-state index in [1.165, 1.54) is 14.2 Å². The van der Waals surface area contributed by atoms with Crippen molar-refractivity contribution in [3.63, 3.8) is 0 Å². The molecule has 17 heavy (non-hydrogen) atoms. The number of hydrogen-bond donors (Lipinski definition) is 0. The number of halogens is 2. The maximum Gasteiger partial charge on any atom is 0.177 e. The van der Waals surface area contributed by atoms with Crippen LogP contribution in [0.2, 0.25) is 0 Å². The largest absolute Gasteiger partial charge is 0.493 e. The zero-order chi connectivity index (χ0) is 13.0. The molecule has 0 bridgehead atoms. The minimum absolute atomic E-state index is 0.205. The molecule has 0 fully saturated rings. The van der Waals surface area contributed by atoms with Gasteiger partial charge in [-0.15, -0.1) is 0 Å². The van der Waals surface area contributed by atoms with Gasteiger partial charge in [-0.05, 0) is 33.5 Å². The number of benzene rings is 1. The molecule has 0 aromatic heterocycles. The zero-order valence-electron chi connectivity index (χ0n) is 9.92. The van der Waals surface area contributed by atoms with E-state index in [1.54, 1.807) is 13.0 Å². The van der Waals surface area contributed by atoms with Crippen LogP contribution in [0.4, 0.5) is 4.39 Å². The van der Waals surface area contributed by atoms with Crippen molar-refractivity contribution in [3.8, 4) is 11.5 Å². The Morgan fingerprint density at radius 1 is 1.47 bits per heavy atom. The lowest BCUT2D eigenvalue weighted by Crippen LogP contribution is -2.02. The molecule has 1 atom stereocenters. The standard InChI is InChI=1S/C12H14BrFO3/c1-7(4-5-15)8-6-9(16-2)12(17-3)10(13)11(8)14/h5-7H,4H2,1-3H3. The van der Waals surface area contributed by atoms with Crippen molar-refractivity contribution in [2.24, 2.45) is 0 Å². The number of carbonyl (C=O) groups excluding carboxylic acids is 1. The lowest BCUT2D eigenvalue weighted by atomic mass is 9.97. The maximum atomic E-state index is 14.0. The lowest BCUT2D eigenvalue weighted by molar-refractivity contribution is -0.108. The molecular formula is C12H14BrFO3. The molecule has 0 radical (unpaired) electrons. The van der Waals surface area contributed by atoms with E-state index in [4.69, 9.17) is 9.47 Å². The van der Waals surface area contributed by atoms with Gasteiger partial charge in [0.25, 0.3) is 0 Å².